The number of rotatable bonds is 11. The molecule has 7 heteroatoms. The van der Waals surface area contributed by atoms with Crippen LogP contribution in [-0.2, 0) is 9.53 Å². The van der Waals surface area contributed by atoms with Crippen LogP contribution < -0.4 is 10.1 Å². The van der Waals surface area contributed by atoms with E-state index in [1.165, 1.54) is 0 Å². The molecule has 7 nitrogen and oxygen atoms in total. The molecule has 1 N–H and O–H groups in total. The van der Waals surface area contributed by atoms with Crippen LogP contribution in [0.1, 0.15) is 30.9 Å². The Balaban J connectivity index is 2.00. The van der Waals surface area contributed by atoms with Crippen molar-refractivity contribution in [2.24, 2.45) is 0 Å². The third-order valence-corrected chi connectivity index (χ3v) is 5.15. The highest BCUT2D eigenvalue weighted by atomic mass is 16.5. The molecule has 0 saturated heterocycles. The molecule has 0 aliphatic heterocycles. The fourth-order valence-corrected chi connectivity index (χ4v) is 3.42. The molecule has 1 amide bonds. The summed E-state index contributed by atoms with van der Waals surface area (Å²) in [6.07, 6.45) is 5.02. The van der Waals surface area contributed by atoms with Gasteiger partial charge in [0.05, 0.1) is 12.3 Å². The topological polar surface area (TPSA) is 89.2 Å². The molecule has 0 aliphatic carbocycles. The van der Waals surface area contributed by atoms with Crippen LogP contribution >= 0.6 is 0 Å². The van der Waals surface area contributed by atoms with Crippen LogP contribution in [0, 0.1) is 18.3 Å². The number of aromatic nitrogens is 2. The van der Waals surface area contributed by atoms with Gasteiger partial charge >= 0.3 is 0 Å². The summed E-state index contributed by atoms with van der Waals surface area (Å²) in [5.41, 5.74) is 4.12. The molecule has 34 heavy (non-hydrogen) atoms. The number of carbonyl (C=O) groups excluding carboxylic acids is 1. The molecule has 3 aromatic rings. The maximum atomic E-state index is 12.6. The van der Waals surface area contributed by atoms with Crippen LogP contribution in [0.4, 0.5) is 0 Å². The standard InChI is InChI=1S/C27H30N4O3/c1-4-14-34-25-12-11-21(16-20(25)2)26-23(19-31(30-26)24-9-6-5-7-10-24)17-22(18-28)27(32)29-13-8-15-33-3/h5-7,9-12,16-17,19H,4,8,13-15H2,1-3H3,(H,29,32)/b22-17-. The molecule has 1 heterocycles. The minimum absolute atomic E-state index is 0.0194. The summed E-state index contributed by atoms with van der Waals surface area (Å²) in [4.78, 5) is 12.6. The fourth-order valence-electron chi connectivity index (χ4n) is 3.42. The first-order valence-corrected chi connectivity index (χ1v) is 11.3. The number of hydrogen-bond donors (Lipinski definition) is 1. The van der Waals surface area contributed by atoms with Crippen molar-refractivity contribution < 1.29 is 14.3 Å². The number of amides is 1. The molecule has 3 rings (SSSR count). The van der Waals surface area contributed by atoms with Gasteiger partial charge in [-0.05, 0) is 61.7 Å². The first-order chi connectivity index (χ1) is 16.6. The van der Waals surface area contributed by atoms with E-state index < -0.39 is 5.91 Å². The van der Waals surface area contributed by atoms with Crippen molar-refractivity contribution in [2.45, 2.75) is 26.7 Å². The predicted molar refractivity (Wildman–Crippen MR) is 133 cm³/mol. The molecular weight excluding hydrogens is 428 g/mol. The maximum absolute atomic E-state index is 12.6. The third kappa shape index (κ3) is 6.33. The molecule has 0 saturated carbocycles. The fraction of sp³-hybridized carbons (Fsp3) is 0.296. The number of methoxy groups -OCH3 is 1. The summed E-state index contributed by atoms with van der Waals surface area (Å²) < 4.78 is 12.6. The summed E-state index contributed by atoms with van der Waals surface area (Å²) in [5.74, 6) is 0.412. The molecule has 0 unspecified atom stereocenters. The van der Waals surface area contributed by atoms with Gasteiger partial charge < -0.3 is 14.8 Å². The van der Waals surface area contributed by atoms with E-state index in [2.05, 4.69) is 12.2 Å². The number of hydrogen-bond acceptors (Lipinski definition) is 5. The molecular formula is C27H30N4O3. The SMILES string of the molecule is CCCOc1ccc(-c2nn(-c3ccccc3)cc2/C=C(/C#N)C(=O)NCCCOC)cc1C. The Labute approximate surface area is 200 Å². The second kappa shape index (κ2) is 12.4. The number of ether oxygens (including phenoxy) is 2. The monoisotopic (exact) mass is 458 g/mol. The van der Waals surface area contributed by atoms with Gasteiger partial charge in [-0.25, -0.2) is 4.68 Å². The van der Waals surface area contributed by atoms with E-state index in [0.29, 0.717) is 37.4 Å². The van der Waals surface area contributed by atoms with Gasteiger partial charge in [0.2, 0.25) is 0 Å². The Hall–Kier alpha value is -3.89. The van der Waals surface area contributed by atoms with Gasteiger partial charge in [-0.2, -0.15) is 10.4 Å². The largest absolute Gasteiger partial charge is 0.493 e. The molecule has 176 valence electrons. The highest BCUT2D eigenvalue weighted by Crippen LogP contribution is 2.30. The number of aryl methyl sites for hydroxylation is 1. The van der Waals surface area contributed by atoms with Crippen LogP contribution in [0.2, 0.25) is 0 Å². The second-order valence-corrected chi connectivity index (χ2v) is 7.81. The first-order valence-electron chi connectivity index (χ1n) is 11.3. The lowest BCUT2D eigenvalue weighted by Crippen LogP contribution is -2.26. The molecule has 0 atom stereocenters. The lowest BCUT2D eigenvalue weighted by atomic mass is 10.0. The minimum Gasteiger partial charge on any atom is -0.493 e. The second-order valence-electron chi connectivity index (χ2n) is 7.81. The number of carbonyl (C=O) groups is 1. The van der Waals surface area contributed by atoms with Crippen molar-refractivity contribution in [3.63, 3.8) is 0 Å². The van der Waals surface area contributed by atoms with Crippen LogP contribution in [0.5, 0.6) is 5.75 Å². The van der Waals surface area contributed by atoms with Gasteiger partial charge in [-0.1, -0.05) is 25.1 Å². The van der Waals surface area contributed by atoms with E-state index in [0.717, 1.165) is 29.0 Å². The molecule has 0 bridgehead atoms. The van der Waals surface area contributed by atoms with Crippen LogP contribution in [0.3, 0.4) is 0 Å². The smallest absolute Gasteiger partial charge is 0.261 e. The average molecular weight is 459 g/mol. The van der Waals surface area contributed by atoms with Crippen molar-refractivity contribution in [1.29, 1.82) is 5.26 Å². The van der Waals surface area contributed by atoms with E-state index in [-0.39, 0.29) is 5.57 Å². The number of nitrogens with zero attached hydrogens (tertiary/aromatic N) is 3. The van der Waals surface area contributed by atoms with E-state index in [1.807, 2.05) is 67.7 Å². The molecule has 0 fully saturated rings. The maximum Gasteiger partial charge on any atom is 0.261 e. The van der Waals surface area contributed by atoms with Crippen molar-refractivity contribution in [1.82, 2.24) is 15.1 Å². The summed E-state index contributed by atoms with van der Waals surface area (Å²) in [7, 11) is 1.61. The number of nitrogens with one attached hydrogen (secondary N) is 1. The van der Waals surface area contributed by atoms with E-state index in [4.69, 9.17) is 14.6 Å². The average Bonchev–Trinajstić information content (AvgIpc) is 3.28. The molecule has 1 aromatic heterocycles. The van der Waals surface area contributed by atoms with Gasteiger partial charge in [0, 0.05) is 37.6 Å². The lowest BCUT2D eigenvalue weighted by molar-refractivity contribution is -0.117. The minimum atomic E-state index is -0.420. The quantitative estimate of drug-likeness (QED) is 0.256. The Morgan fingerprint density at radius 1 is 1.21 bits per heavy atom. The summed E-state index contributed by atoms with van der Waals surface area (Å²) in [6.45, 7) is 5.69. The van der Waals surface area contributed by atoms with Crippen LogP contribution in [0.25, 0.3) is 23.0 Å². The van der Waals surface area contributed by atoms with E-state index >= 15 is 0 Å². The highest BCUT2D eigenvalue weighted by molar-refractivity contribution is 6.02. The number of benzene rings is 2. The molecule has 2 aromatic carbocycles. The van der Waals surface area contributed by atoms with Crippen LogP contribution in [-0.4, -0.2) is 42.6 Å². The van der Waals surface area contributed by atoms with E-state index in [9.17, 15) is 10.1 Å². The summed E-state index contributed by atoms with van der Waals surface area (Å²) in [5, 5.41) is 17.2. The third-order valence-electron chi connectivity index (χ3n) is 5.15. The summed E-state index contributed by atoms with van der Waals surface area (Å²) >= 11 is 0. The van der Waals surface area contributed by atoms with Gasteiger partial charge in [0.25, 0.3) is 5.91 Å². The van der Waals surface area contributed by atoms with E-state index in [1.54, 1.807) is 17.9 Å². The Kier molecular flexibility index (Phi) is 9.01. The van der Waals surface area contributed by atoms with Crippen molar-refractivity contribution >= 4 is 12.0 Å². The Bertz CT molecular complexity index is 1180. The molecule has 0 radical (unpaired) electrons. The first kappa shape index (κ1) is 24.7. The predicted octanol–water partition coefficient (Wildman–Crippen LogP) is 4.70. The van der Waals surface area contributed by atoms with Gasteiger partial charge in [0.1, 0.15) is 23.1 Å². The van der Waals surface area contributed by atoms with Crippen molar-refractivity contribution in [3.05, 3.63) is 71.4 Å². The Morgan fingerprint density at radius 3 is 2.68 bits per heavy atom. The normalized spacial score (nSPS) is 11.2. The van der Waals surface area contributed by atoms with Crippen LogP contribution in [0.15, 0.2) is 60.3 Å². The number of para-hydroxylation sites is 1. The lowest BCUT2D eigenvalue weighted by Gasteiger charge is -2.09. The van der Waals surface area contributed by atoms with Gasteiger partial charge in [-0.3, -0.25) is 4.79 Å². The Morgan fingerprint density at radius 2 is 2.00 bits per heavy atom. The van der Waals surface area contributed by atoms with Gasteiger partial charge in [-0.15, -0.1) is 0 Å². The molecule has 0 spiro atoms. The zero-order valence-electron chi connectivity index (χ0n) is 19.9. The molecule has 0 aliphatic rings. The highest BCUT2D eigenvalue weighted by Gasteiger charge is 2.16. The van der Waals surface area contributed by atoms with Crippen molar-refractivity contribution in [3.8, 4) is 28.8 Å². The zero-order chi connectivity index (χ0) is 24.3. The zero-order valence-corrected chi connectivity index (χ0v) is 19.9. The van der Waals surface area contributed by atoms with Crippen molar-refractivity contribution in [2.75, 3.05) is 26.9 Å². The number of nitriles is 1. The van der Waals surface area contributed by atoms with Gasteiger partial charge in [0.15, 0.2) is 0 Å². The summed E-state index contributed by atoms with van der Waals surface area (Å²) in [6, 6.07) is 17.6.